The number of aliphatic hydroxyl groups is 2. The van der Waals surface area contributed by atoms with Gasteiger partial charge in [0.05, 0.1) is 22.9 Å². The lowest BCUT2D eigenvalue weighted by molar-refractivity contribution is -0.116. The number of halogens is 2. The van der Waals surface area contributed by atoms with Gasteiger partial charge in [-0.2, -0.15) is 0 Å². The van der Waals surface area contributed by atoms with Gasteiger partial charge < -0.3 is 15.5 Å². The maximum atomic E-state index is 11.8. The Hall–Kier alpha value is -0.850. The average molecular weight is 319 g/mol. The molecule has 7 heteroatoms. The van der Waals surface area contributed by atoms with Crippen molar-refractivity contribution in [3.63, 3.8) is 0 Å². The van der Waals surface area contributed by atoms with Gasteiger partial charge in [0.2, 0.25) is 5.91 Å². The van der Waals surface area contributed by atoms with Gasteiger partial charge in [0.1, 0.15) is 0 Å². The highest BCUT2D eigenvalue weighted by Gasteiger charge is 2.29. The summed E-state index contributed by atoms with van der Waals surface area (Å²) in [4.78, 5) is 13.7. The first-order valence-electron chi connectivity index (χ1n) is 6.29. The monoisotopic (exact) mass is 318 g/mol. The van der Waals surface area contributed by atoms with E-state index in [-0.39, 0.29) is 12.3 Å². The Morgan fingerprint density at radius 2 is 1.95 bits per heavy atom. The fourth-order valence-corrected chi connectivity index (χ4v) is 2.43. The van der Waals surface area contributed by atoms with E-state index in [2.05, 4.69) is 5.32 Å². The smallest absolute Gasteiger partial charge is 0.225 e. The molecule has 0 unspecified atom stereocenters. The van der Waals surface area contributed by atoms with Gasteiger partial charge in [0, 0.05) is 31.1 Å². The number of anilines is 1. The van der Waals surface area contributed by atoms with Crippen molar-refractivity contribution in [2.24, 2.45) is 0 Å². The number of carbonyl (C=O) groups is 1. The third-order valence-electron chi connectivity index (χ3n) is 3.19. The van der Waals surface area contributed by atoms with Gasteiger partial charge >= 0.3 is 0 Å². The SMILES string of the molecule is O=C(CCN1C[C@@H](O)[C@@H](O)C1)Nc1cc(Cl)ccc1Cl. The summed E-state index contributed by atoms with van der Waals surface area (Å²) in [7, 11) is 0. The molecule has 1 aromatic rings. The van der Waals surface area contributed by atoms with Gasteiger partial charge in [0.15, 0.2) is 0 Å². The van der Waals surface area contributed by atoms with E-state index >= 15 is 0 Å². The molecule has 1 aliphatic heterocycles. The van der Waals surface area contributed by atoms with Crippen molar-refractivity contribution in [3.05, 3.63) is 28.2 Å². The lowest BCUT2D eigenvalue weighted by Crippen LogP contribution is -2.27. The summed E-state index contributed by atoms with van der Waals surface area (Å²) >= 11 is 11.8. The number of hydrogen-bond acceptors (Lipinski definition) is 4. The summed E-state index contributed by atoms with van der Waals surface area (Å²) in [5.74, 6) is -0.190. The number of amides is 1. The third kappa shape index (κ3) is 4.07. The molecule has 0 aromatic heterocycles. The number of nitrogens with zero attached hydrogens (tertiary/aromatic N) is 1. The molecule has 1 aliphatic rings. The number of rotatable bonds is 4. The van der Waals surface area contributed by atoms with Gasteiger partial charge in [0.25, 0.3) is 0 Å². The molecule has 0 spiro atoms. The van der Waals surface area contributed by atoms with Crippen molar-refractivity contribution in [2.45, 2.75) is 18.6 Å². The zero-order chi connectivity index (χ0) is 14.7. The normalized spacial score (nSPS) is 23.0. The van der Waals surface area contributed by atoms with E-state index in [1.54, 1.807) is 18.2 Å². The third-order valence-corrected chi connectivity index (χ3v) is 3.76. The van der Waals surface area contributed by atoms with Crippen molar-refractivity contribution < 1.29 is 15.0 Å². The van der Waals surface area contributed by atoms with Gasteiger partial charge in [-0.15, -0.1) is 0 Å². The zero-order valence-corrected chi connectivity index (χ0v) is 12.2. The Bertz CT molecular complexity index is 489. The van der Waals surface area contributed by atoms with Crippen molar-refractivity contribution in [2.75, 3.05) is 25.0 Å². The van der Waals surface area contributed by atoms with Crippen LogP contribution in [-0.4, -0.2) is 52.9 Å². The van der Waals surface area contributed by atoms with E-state index < -0.39 is 12.2 Å². The average Bonchev–Trinajstić information content (AvgIpc) is 2.71. The molecule has 5 nitrogen and oxygen atoms in total. The molecule has 2 rings (SSSR count). The second kappa shape index (κ2) is 6.74. The van der Waals surface area contributed by atoms with E-state index in [1.165, 1.54) is 0 Å². The van der Waals surface area contributed by atoms with Crippen LogP contribution in [0.1, 0.15) is 6.42 Å². The van der Waals surface area contributed by atoms with Crippen LogP contribution < -0.4 is 5.32 Å². The van der Waals surface area contributed by atoms with E-state index in [1.807, 2.05) is 4.90 Å². The topological polar surface area (TPSA) is 72.8 Å². The summed E-state index contributed by atoms with van der Waals surface area (Å²) < 4.78 is 0. The first-order valence-corrected chi connectivity index (χ1v) is 7.04. The second-order valence-corrected chi connectivity index (χ2v) is 5.66. The number of hydrogen-bond donors (Lipinski definition) is 3. The predicted octanol–water partition coefficient (Wildman–Crippen LogP) is 1.36. The van der Waals surface area contributed by atoms with Crippen LogP contribution in [-0.2, 0) is 4.79 Å². The lowest BCUT2D eigenvalue weighted by Gasteiger charge is -2.14. The lowest BCUT2D eigenvalue weighted by atomic mass is 10.3. The van der Waals surface area contributed by atoms with Crippen molar-refractivity contribution in [1.29, 1.82) is 0 Å². The fourth-order valence-electron chi connectivity index (χ4n) is 2.10. The zero-order valence-electron chi connectivity index (χ0n) is 10.7. The Morgan fingerprint density at radius 1 is 1.30 bits per heavy atom. The van der Waals surface area contributed by atoms with Crippen LogP contribution in [0.15, 0.2) is 18.2 Å². The maximum Gasteiger partial charge on any atom is 0.225 e. The number of nitrogens with one attached hydrogen (secondary N) is 1. The number of benzene rings is 1. The number of aliphatic hydroxyl groups excluding tert-OH is 2. The highest BCUT2D eigenvalue weighted by molar-refractivity contribution is 6.35. The predicted molar refractivity (Wildman–Crippen MR) is 78.2 cm³/mol. The first-order chi connectivity index (χ1) is 9.45. The fraction of sp³-hybridized carbons (Fsp3) is 0.462. The highest BCUT2D eigenvalue weighted by Crippen LogP contribution is 2.25. The molecule has 2 atom stereocenters. The van der Waals surface area contributed by atoms with Gasteiger partial charge in [-0.3, -0.25) is 9.69 Å². The Morgan fingerprint density at radius 3 is 2.60 bits per heavy atom. The summed E-state index contributed by atoms with van der Waals surface area (Å²) in [5.41, 5.74) is 0.477. The first kappa shape index (κ1) is 15.5. The standard InChI is InChI=1S/C13H16Cl2N2O3/c14-8-1-2-9(15)10(5-8)16-13(20)3-4-17-6-11(18)12(19)7-17/h1-2,5,11-12,18-19H,3-4,6-7H2,(H,16,20)/t11-,12+. The van der Waals surface area contributed by atoms with Gasteiger partial charge in [-0.1, -0.05) is 23.2 Å². The van der Waals surface area contributed by atoms with Crippen LogP contribution >= 0.6 is 23.2 Å². The molecule has 1 amide bonds. The largest absolute Gasteiger partial charge is 0.389 e. The summed E-state index contributed by atoms with van der Waals surface area (Å²) in [6.07, 6.45) is -1.22. The molecular formula is C13H16Cl2N2O3. The molecule has 110 valence electrons. The number of carbonyl (C=O) groups excluding carboxylic acids is 1. The molecule has 1 aromatic carbocycles. The number of likely N-dealkylation sites (tertiary alicyclic amines) is 1. The molecular weight excluding hydrogens is 303 g/mol. The van der Waals surface area contributed by atoms with Crippen LogP contribution in [0.4, 0.5) is 5.69 Å². The van der Waals surface area contributed by atoms with Crippen LogP contribution in [0.25, 0.3) is 0 Å². The number of β-amino-alcohol motifs (C(OH)–C–C–N with tert-alkyl or cyclic N) is 2. The van der Waals surface area contributed by atoms with Crippen LogP contribution in [0.2, 0.25) is 10.0 Å². The van der Waals surface area contributed by atoms with Crippen LogP contribution in [0.3, 0.4) is 0 Å². The molecule has 0 radical (unpaired) electrons. The molecule has 3 N–H and O–H groups in total. The Labute approximate surface area is 127 Å². The van der Waals surface area contributed by atoms with E-state index in [0.29, 0.717) is 35.4 Å². The molecule has 1 fully saturated rings. The van der Waals surface area contributed by atoms with Crippen LogP contribution in [0, 0.1) is 0 Å². The van der Waals surface area contributed by atoms with E-state index in [9.17, 15) is 15.0 Å². The van der Waals surface area contributed by atoms with Crippen molar-refractivity contribution >= 4 is 34.8 Å². The molecule has 1 saturated heterocycles. The summed E-state index contributed by atoms with van der Waals surface area (Å²) in [6.45, 7) is 1.23. The van der Waals surface area contributed by atoms with Crippen molar-refractivity contribution in [1.82, 2.24) is 4.90 Å². The summed E-state index contributed by atoms with van der Waals surface area (Å²) in [5, 5.41) is 22.4. The van der Waals surface area contributed by atoms with Gasteiger partial charge in [-0.05, 0) is 18.2 Å². The molecule has 0 saturated carbocycles. The van der Waals surface area contributed by atoms with E-state index in [0.717, 1.165) is 0 Å². The van der Waals surface area contributed by atoms with E-state index in [4.69, 9.17) is 23.2 Å². The minimum Gasteiger partial charge on any atom is -0.389 e. The highest BCUT2D eigenvalue weighted by atomic mass is 35.5. The minimum atomic E-state index is -0.736. The van der Waals surface area contributed by atoms with Gasteiger partial charge in [-0.25, -0.2) is 0 Å². The maximum absolute atomic E-state index is 11.8. The molecule has 0 aliphatic carbocycles. The molecule has 1 heterocycles. The summed E-state index contributed by atoms with van der Waals surface area (Å²) in [6, 6.07) is 4.85. The molecule has 0 bridgehead atoms. The minimum absolute atomic E-state index is 0.190. The quantitative estimate of drug-likeness (QED) is 0.783. The Kier molecular flexibility index (Phi) is 5.23. The molecule has 20 heavy (non-hydrogen) atoms. The second-order valence-electron chi connectivity index (χ2n) is 4.82. The Balaban J connectivity index is 1.82. The van der Waals surface area contributed by atoms with Crippen molar-refractivity contribution in [3.8, 4) is 0 Å². The van der Waals surface area contributed by atoms with Crippen LogP contribution in [0.5, 0.6) is 0 Å².